The molecule has 1 fully saturated rings. The molecule has 0 unspecified atom stereocenters. The van der Waals surface area contributed by atoms with Crippen LogP contribution in [0.1, 0.15) is 10.4 Å². The molecule has 1 aliphatic heterocycles. The van der Waals surface area contributed by atoms with Gasteiger partial charge in [-0.15, -0.1) is 0 Å². The first-order valence-corrected chi connectivity index (χ1v) is 9.39. The molecular formula is C21H22FN3O5. The van der Waals surface area contributed by atoms with Crippen LogP contribution in [0.4, 0.5) is 10.1 Å². The lowest BCUT2D eigenvalue weighted by Crippen LogP contribution is -2.50. The topological polar surface area (TPSA) is 102 Å². The van der Waals surface area contributed by atoms with Crippen molar-refractivity contribution < 1.29 is 28.2 Å². The zero-order valence-corrected chi connectivity index (χ0v) is 16.3. The molecule has 2 aromatic rings. The zero-order valence-electron chi connectivity index (χ0n) is 16.3. The molecule has 0 aromatic heterocycles. The van der Waals surface area contributed by atoms with Gasteiger partial charge in [0.05, 0.1) is 11.3 Å². The predicted molar refractivity (Wildman–Crippen MR) is 107 cm³/mol. The fourth-order valence-electron chi connectivity index (χ4n) is 3.05. The van der Waals surface area contributed by atoms with Crippen LogP contribution in [0.25, 0.3) is 0 Å². The van der Waals surface area contributed by atoms with E-state index in [0.717, 1.165) is 0 Å². The maximum absolute atomic E-state index is 13.9. The molecule has 1 heterocycles. The van der Waals surface area contributed by atoms with Gasteiger partial charge in [0.15, 0.2) is 13.2 Å². The fraction of sp³-hybridized carbons (Fsp3) is 0.286. The zero-order chi connectivity index (χ0) is 21.5. The summed E-state index contributed by atoms with van der Waals surface area (Å²) in [5, 5.41) is 0. The number of anilines is 1. The first-order chi connectivity index (χ1) is 14.4. The number of carbonyl (C=O) groups is 3. The average molecular weight is 415 g/mol. The van der Waals surface area contributed by atoms with E-state index in [1.54, 1.807) is 23.1 Å². The van der Waals surface area contributed by atoms with Crippen molar-refractivity contribution >= 4 is 23.5 Å². The lowest BCUT2D eigenvalue weighted by atomic mass is 10.2. The second-order valence-corrected chi connectivity index (χ2v) is 6.67. The van der Waals surface area contributed by atoms with Crippen molar-refractivity contribution in [1.82, 2.24) is 4.90 Å². The van der Waals surface area contributed by atoms with Crippen LogP contribution in [-0.2, 0) is 14.3 Å². The van der Waals surface area contributed by atoms with E-state index in [1.807, 2.05) is 4.90 Å². The number of nitrogens with two attached hydrogens (primary N) is 1. The quantitative estimate of drug-likeness (QED) is 0.682. The van der Waals surface area contributed by atoms with E-state index >= 15 is 0 Å². The SMILES string of the molecule is NC(=O)COc1ccc(C(=O)OCC(=O)N2CCN(c3ccccc3F)CC2)cc1. The number of halogens is 1. The fourth-order valence-corrected chi connectivity index (χ4v) is 3.05. The summed E-state index contributed by atoms with van der Waals surface area (Å²) in [6, 6.07) is 12.5. The summed E-state index contributed by atoms with van der Waals surface area (Å²) < 4.78 is 24.1. The van der Waals surface area contributed by atoms with E-state index in [4.69, 9.17) is 15.2 Å². The number of primary amides is 1. The molecule has 8 nitrogen and oxygen atoms in total. The molecule has 158 valence electrons. The number of rotatable bonds is 7. The second-order valence-electron chi connectivity index (χ2n) is 6.67. The smallest absolute Gasteiger partial charge is 0.338 e. The largest absolute Gasteiger partial charge is 0.484 e. The van der Waals surface area contributed by atoms with Gasteiger partial charge in [0.2, 0.25) is 0 Å². The summed E-state index contributed by atoms with van der Waals surface area (Å²) >= 11 is 0. The molecule has 0 aliphatic carbocycles. The number of hydrogen-bond acceptors (Lipinski definition) is 6. The Labute approximate surface area is 173 Å². The minimum atomic E-state index is -0.644. The number of ether oxygens (including phenoxy) is 2. The van der Waals surface area contributed by atoms with Crippen LogP contribution in [0.5, 0.6) is 5.75 Å². The highest BCUT2D eigenvalue weighted by Crippen LogP contribution is 2.20. The van der Waals surface area contributed by atoms with Crippen molar-refractivity contribution in [3.05, 3.63) is 59.9 Å². The molecule has 1 saturated heterocycles. The highest BCUT2D eigenvalue weighted by atomic mass is 19.1. The van der Waals surface area contributed by atoms with Gasteiger partial charge >= 0.3 is 5.97 Å². The predicted octanol–water partition coefficient (Wildman–Crippen LogP) is 1.20. The maximum atomic E-state index is 13.9. The summed E-state index contributed by atoms with van der Waals surface area (Å²) in [5.74, 6) is -1.47. The van der Waals surface area contributed by atoms with Crippen molar-refractivity contribution in [3.8, 4) is 5.75 Å². The third-order valence-corrected chi connectivity index (χ3v) is 4.62. The third kappa shape index (κ3) is 5.47. The third-order valence-electron chi connectivity index (χ3n) is 4.62. The Bertz CT molecular complexity index is 911. The van der Waals surface area contributed by atoms with Gasteiger partial charge in [-0.1, -0.05) is 12.1 Å². The lowest BCUT2D eigenvalue weighted by Gasteiger charge is -2.36. The van der Waals surface area contributed by atoms with E-state index in [1.165, 1.54) is 30.3 Å². The molecule has 1 aliphatic rings. The van der Waals surface area contributed by atoms with Crippen LogP contribution in [0, 0.1) is 5.82 Å². The number of carbonyl (C=O) groups excluding carboxylic acids is 3. The first kappa shape index (κ1) is 21.1. The Morgan fingerprint density at radius 1 is 0.933 bits per heavy atom. The molecular weight excluding hydrogens is 393 g/mol. The molecule has 2 aromatic carbocycles. The Hall–Kier alpha value is -3.62. The Kier molecular flexibility index (Phi) is 6.84. The Morgan fingerprint density at radius 2 is 1.60 bits per heavy atom. The maximum Gasteiger partial charge on any atom is 0.338 e. The second kappa shape index (κ2) is 9.73. The van der Waals surface area contributed by atoms with Crippen molar-refractivity contribution in [2.24, 2.45) is 5.73 Å². The molecule has 9 heteroatoms. The Morgan fingerprint density at radius 3 is 2.23 bits per heavy atom. The summed E-state index contributed by atoms with van der Waals surface area (Å²) in [6.45, 7) is 1.18. The molecule has 30 heavy (non-hydrogen) atoms. The number of nitrogens with zero attached hydrogens (tertiary/aromatic N) is 2. The van der Waals surface area contributed by atoms with Gasteiger partial charge in [-0.05, 0) is 36.4 Å². The highest BCUT2D eigenvalue weighted by Gasteiger charge is 2.23. The van der Waals surface area contributed by atoms with E-state index in [0.29, 0.717) is 37.6 Å². The van der Waals surface area contributed by atoms with Gasteiger partial charge in [0.25, 0.3) is 11.8 Å². The molecule has 0 spiro atoms. The molecule has 0 bridgehead atoms. The number of hydrogen-bond donors (Lipinski definition) is 1. The van der Waals surface area contributed by atoms with E-state index in [2.05, 4.69) is 0 Å². The number of benzene rings is 2. The van der Waals surface area contributed by atoms with Crippen LogP contribution < -0.4 is 15.4 Å². The highest BCUT2D eigenvalue weighted by molar-refractivity contribution is 5.91. The minimum Gasteiger partial charge on any atom is -0.484 e. The van der Waals surface area contributed by atoms with Crippen LogP contribution in [0.2, 0.25) is 0 Å². The van der Waals surface area contributed by atoms with Crippen LogP contribution in [0.3, 0.4) is 0 Å². The molecule has 2 N–H and O–H groups in total. The number of amides is 2. The van der Waals surface area contributed by atoms with E-state index in [9.17, 15) is 18.8 Å². The van der Waals surface area contributed by atoms with Gasteiger partial charge in [-0.25, -0.2) is 9.18 Å². The van der Waals surface area contributed by atoms with Crippen LogP contribution in [0.15, 0.2) is 48.5 Å². The lowest BCUT2D eigenvalue weighted by molar-refractivity contribution is -0.134. The summed E-state index contributed by atoms with van der Waals surface area (Å²) in [6.07, 6.45) is 0. The minimum absolute atomic E-state index is 0.249. The van der Waals surface area contributed by atoms with Gasteiger partial charge in [0, 0.05) is 26.2 Å². The van der Waals surface area contributed by atoms with Crippen molar-refractivity contribution in [2.75, 3.05) is 44.3 Å². The van der Waals surface area contributed by atoms with E-state index < -0.39 is 11.9 Å². The standard InChI is InChI=1S/C21H22FN3O5/c22-17-3-1-2-4-18(17)24-9-11-25(12-10-24)20(27)14-30-21(28)15-5-7-16(8-6-15)29-13-19(23)26/h1-8H,9-14H2,(H2,23,26). The van der Waals surface area contributed by atoms with Gasteiger partial charge < -0.3 is 25.0 Å². The summed E-state index contributed by atoms with van der Waals surface area (Å²) in [4.78, 5) is 38.6. The van der Waals surface area contributed by atoms with Crippen LogP contribution in [-0.4, -0.2) is 62.1 Å². The monoisotopic (exact) mass is 415 g/mol. The molecule has 0 radical (unpaired) electrons. The van der Waals surface area contributed by atoms with Crippen LogP contribution >= 0.6 is 0 Å². The van der Waals surface area contributed by atoms with Crippen molar-refractivity contribution in [3.63, 3.8) is 0 Å². The number of piperazine rings is 1. The number of para-hydroxylation sites is 1. The van der Waals surface area contributed by atoms with Gasteiger partial charge in [-0.3, -0.25) is 9.59 Å². The van der Waals surface area contributed by atoms with Crippen molar-refractivity contribution in [2.45, 2.75) is 0 Å². The first-order valence-electron chi connectivity index (χ1n) is 9.39. The Balaban J connectivity index is 1.45. The summed E-state index contributed by atoms with van der Waals surface area (Å²) in [7, 11) is 0. The molecule has 0 saturated carbocycles. The van der Waals surface area contributed by atoms with Crippen molar-refractivity contribution in [1.29, 1.82) is 0 Å². The molecule has 3 rings (SSSR count). The van der Waals surface area contributed by atoms with Gasteiger partial charge in [0.1, 0.15) is 11.6 Å². The number of esters is 1. The molecule has 0 atom stereocenters. The normalized spacial score (nSPS) is 13.6. The molecule has 2 amide bonds. The van der Waals surface area contributed by atoms with Gasteiger partial charge in [-0.2, -0.15) is 0 Å². The average Bonchev–Trinajstić information content (AvgIpc) is 2.76. The summed E-state index contributed by atoms with van der Waals surface area (Å²) in [5.41, 5.74) is 5.76. The van der Waals surface area contributed by atoms with E-state index in [-0.39, 0.29) is 30.5 Å².